The van der Waals surface area contributed by atoms with Crippen LogP contribution in [0.5, 0.6) is 5.75 Å². The molecule has 2 aromatic rings. The summed E-state index contributed by atoms with van der Waals surface area (Å²) >= 11 is 1.25. The van der Waals surface area contributed by atoms with Crippen molar-refractivity contribution in [2.45, 2.75) is 39.3 Å². The minimum Gasteiger partial charge on any atom is -0.486 e. The van der Waals surface area contributed by atoms with E-state index in [1.165, 1.54) is 35.6 Å². The summed E-state index contributed by atoms with van der Waals surface area (Å²) in [5.41, 5.74) is 0.604. The van der Waals surface area contributed by atoms with E-state index in [1.807, 2.05) is 0 Å². The number of carbonyl (C=O) groups excluding carboxylic acids is 1. The number of carboxylic acid groups (broad SMARTS) is 1. The Morgan fingerprint density at radius 2 is 2.07 bits per heavy atom. The molecule has 0 spiro atoms. The first-order chi connectivity index (χ1) is 12.9. The summed E-state index contributed by atoms with van der Waals surface area (Å²) in [6.45, 7) is 4.26. The van der Waals surface area contributed by atoms with Crippen LogP contribution in [-0.4, -0.2) is 39.5 Å². The molecule has 1 aliphatic rings. The minimum atomic E-state index is -0.866. The van der Waals surface area contributed by atoms with Gasteiger partial charge in [-0.3, -0.25) is 9.59 Å². The molecular formula is C19H21FN2O4S. The van der Waals surface area contributed by atoms with E-state index in [1.54, 1.807) is 18.7 Å². The van der Waals surface area contributed by atoms with Crippen molar-refractivity contribution in [3.8, 4) is 5.75 Å². The number of carbonyl (C=O) groups is 2. The van der Waals surface area contributed by atoms with Crippen molar-refractivity contribution >= 4 is 23.2 Å². The summed E-state index contributed by atoms with van der Waals surface area (Å²) in [6.07, 6.45) is 1.25. The first-order valence-electron chi connectivity index (χ1n) is 8.75. The molecule has 8 heteroatoms. The molecule has 0 aliphatic carbocycles. The lowest BCUT2D eigenvalue weighted by molar-refractivity contribution is -0.144. The van der Waals surface area contributed by atoms with Crippen molar-refractivity contribution in [1.29, 1.82) is 0 Å². The number of rotatable bonds is 5. The molecule has 3 rings (SSSR count). The molecule has 27 heavy (non-hydrogen) atoms. The number of benzene rings is 1. The van der Waals surface area contributed by atoms with Crippen LogP contribution in [0.2, 0.25) is 0 Å². The molecule has 1 aliphatic heterocycles. The monoisotopic (exact) mass is 392 g/mol. The van der Waals surface area contributed by atoms with Gasteiger partial charge in [-0.05, 0) is 51.0 Å². The number of aliphatic carboxylic acids is 1. The Morgan fingerprint density at radius 1 is 1.37 bits per heavy atom. The highest BCUT2D eigenvalue weighted by Crippen LogP contribution is 2.28. The maximum atomic E-state index is 12.9. The second kappa shape index (κ2) is 8.04. The normalized spacial score (nSPS) is 19.7. The van der Waals surface area contributed by atoms with Gasteiger partial charge < -0.3 is 14.7 Å². The van der Waals surface area contributed by atoms with Gasteiger partial charge in [0, 0.05) is 12.6 Å². The Bertz CT molecular complexity index is 837. The smallest absolute Gasteiger partial charge is 0.308 e. The van der Waals surface area contributed by atoms with E-state index < -0.39 is 11.9 Å². The van der Waals surface area contributed by atoms with Gasteiger partial charge in [0.2, 0.25) is 0 Å². The third-order valence-electron chi connectivity index (χ3n) is 4.78. The Kier molecular flexibility index (Phi) is 5.74. The van der Waals surface area contributed by atoms with Gasteiger partial charge in [-0.1, -0.05) is 0 Å². The van der Waals surface area contributed by atoms with Gasteiger partial charge in [-0.2, -0.15) is 0 Å². The van der Waals surface area contributed by atoms with Crippen molar-refractivity contribution in [1.82, 2.24) is 9.88 Å². The van der Waals surface area contributed by atoms with Gasteiger partial charge in [0.1, 0.15) is 28.1 Å². The van der Waals surface area contributed by atoms with Gasteiger partial charge >= 0.3 is 5.97 Å². The van der Waals surface area contributed by atoms with Crippen molar-refractivity contribution in [3.63, 3.8) is 0 Å². The molecule has 1 aromatic carbocycles. The molecule has 2 heterocycles. The lowest BCUT2D eigenvalue weighted by atomic mass is 9.90. The molecule has 2 atom stereocenters. The first kappa shape index (κ1) is 19.3. The fraction of sp³-hybridized carbons (Fsp3) is 0.421. The summed E-state index contributed by atoms with van der Waals surface area (Å²) in [5.74, 6) is -1.41. The van der Waals surface area contributed by atoms with E-state index >= 15 is 0 Å². The third-order valence-corrected chi connectivity index (χ3v) is 5.90. The number of amides is 1. The van der Waals surface area contributed by atoms with E-state index in [-0.39, 0.29) is 24.4 Å². The predicted molar refractivity (Wildman–Crippen MR) is 98.4 cm³/mol. The number of nitrogens with zero attached hydrogens (tertiary/aromatic N) is 2. The Labute approximate surface area is 160 Å². The van der Waals surface area contributed by atoms with Crippen molar-refractivity contribution in [2.24, 2.45) is 5.92 Å². The first-order valence-corrected chi connectivity index (χ1v) is 9.57. The van der Waals surface area contributed by atoms with E-state index in [0.717, 1.165) is 0 Å². The van der Waals surface area contributed by atoms with Crippen LogP contribution in [0.25, 0.3) is 0 Å². The van der Waals surface area contributed by atoms with Gasteiger partial charge in [0.05, 0.1) is 11.6 Å². The minimum absolute atomic E-state index is 0.178. The molecule has 1 aromatic heterocycles. The van der Waals surface area contributed by atoms with Crippen LogP contribution in [0.15, 0.2) is 24.3 Å². The Balaban J connectivity index is 1.70. The van der Waals surface area contributed by atoms with Crippen molar-refractivity contribution in [3.05, 3.63) is 45.7 Å². The SMILES string of the molecule is Cc1nc(COc2ccc(F)cc2)sc1C(=O)N1CCC[C@@H](C(=O)O)[C@H]1C. The molecule has 0 radical (unpaired) electrons. The van der Waals surface area contributed by atoms with Gasteiger partial charge in [0.15, 0.2) is 0 Å². The molecule has 1 N–H and O–H groups in total. The number of likely N-dealkylation sites (tertiary alicyclic amines) is 1. The molecule has 0 bridgehead atoms. The highest BCUT2D eigenvalue weighted by Gasteiger charge is 2.36. The highest BCUT2D eigenvalue weighted by atomic mass is 32.1. The maximum absolute atomic E-state index is 12.9. The number of aryl methyl sites for hydroxylation is 1. The van der Waals surface area contributed by atoms with Crippen LogP contribution in [0.1, 0.15) is 40.1 Å². The average molecular weight is 392 g/mol. The molecular weight excluding hydrogens is 371 g/mol. The summed E-state index contributed by atoms with van der Waals surface area (Å²) in [7, 11) is 0. The molecule has 0 unspecified atom stereocenters. The zero-order chi connectivity index (χ0) is 19.6. The largest absolute Gasteiger partial charge is 0.486 e. The fourth-order valence-electron chi connectivity index (χ4n) is 3.28. The number of hydrogen-bond acceptors (Lipinski definition) is 5. The van der Waals surface area contributed by atoms with Crippen molar-refractivity contribution < 1.29 is 23.8 Å². The molecule has 0 saturated carbocycles. The Morgan fingerprint density at radius 3 is 2.74 bits per heavy atom. The van der Waals surface area contributed by atoms with Gasteiger partial charge in [-0.15, -0.1) is 11.3 Å². The molecule has 1 fully saturated rings. The molecule has 6 nitrogen and oxygen atoms in total. The van der Waals surface area contributed by atoms with E-state index in [9.17, 15) is 19.1 Å². The van der Waals surface area contributed by atoms with E-state index in [2.05, 4.69) is 4.98 Å². The second-order valence-electron chi connectivity index (χ2n) is 6.59. The summed E-state index contributed by atoms with van der Waals surface area (Å²) in [6, 6.07) is 5.33. The molecule has 1 amide bonds. The van der Waals surface area contributed by atoms with Gasteiger partial charge in [-0.25, -0.2) is 9.37 Å². The third kappa shape index (κ3) is 4.27. The lowest BCUT2D eigenvalue weighted by Crippen LogP contribution is -2.49. The standard InChI is InChI=1S/C19H21FN2O4S/c1-11-17(18(23)22-9-3-4-15(12(22)2)19(24)25)27-16(21-11)10-26-14-7-5-13(20)6-8-14/h5-8,12,15H,3-4,9-10H2,1-2H3,(H,24,25)/t12-,15-/m1/s1. The highest BCUT2D eigenvalue weighted by molar-refractivity contribution is 7.13. The number of aromatic nitrogens is 1. The van der Waals surface area contributed by atoms with E-state index in [0.29, 0.717) is 40.7 Å². The van der Waals surface area contributed by atoms with Crippen LogP contribution in [0.4, 0.5) is 4.39 Å². The summed E-state index contributed by atoms with van der Waals surface area (Å²) < 4.78 is 18.5. The summed E-state index contributed by atoms with van der Waals surface area (Å²) in [5, 5.41) is 9.98. The number of carboxylic acids is 1. The Hall–Kier alpha value is -2.48. The number of piperidine rings is 1. The van der Waals surface area contributed by atoms with Crippen LogP contribution < -0.4 is 4.74 Å². The topological polar surface area (TPSA) is 79.7 Å². The number of hydrogen-bond donors (Lipinski definition) is 1. The van der Waals surface area contributed by atoms with Crippen LogP contribution in [-0.2, 0) is 11.4 Å². The van der Waals surface area contributed by atoms with Crippen molar-refractivity contribution in [2.75, 3.05) is 6.54 Å². The number of thiazole rings is 1. The molecule has 144 valence electrons. The lowest BCUT2D eigenvalue weighted by Gasteiger charge is -2.37. The van der Waals surface area contributed by atoms with E-state index in [4.69, 9.17) is 4.74 Å². The number of ether oxygens (including phenoxy) is 1. The average Bonchev–Trinajstić information content (AvgIpc) is 3.01. The fourth-order valence-corrected chi connectivity index (χ4v) is 4.21. The van der Waals surface area contributed by atoms with Crippen LogP contribution in [0.3, 0.4) is 0 Å². The molecule has 1 saturated heterocycles. The second-order valence-corrected chi connectivity index (χ2v) is 7.67. The van der Waals surface area contributed by atoms with Crippen LogP contribution >= 0.6 is 11.3 Å². The van der Waals surface area contributed by atoms with Gasteiger partial charge in [0.25, 0.3) is 5.91 Å². The maximum Gasteiger partial charge on any atom is 0.308 e. The zero-order valence-electron chi connectivity index (χ0n) is 15.1. The number of halogens is 1. The zero-order valence-corrected chi connectivity index (χ0v) is 16.0. The summed E-state index contributed by atoms with van der Waals surface area (Å²) in [4.78, 5) is 30.9. The van der Waals surface area contributed by atoms with Crippen LogP contribution in [0, 0.1) is 18.7 Å². The predicted octanol–water partition coefficient (Wildman–Crippen LogP) is 3.49. The quantitative estimate of drug-likeness (QED) is 0.843.